The van der Waals surface area contributed by atoms with Crippen LogP contribution in [0.4, 0.5) is 0 Å². The summed E-state index contributed by atoms with van der Waals surface area (Å²) in [5, 5.41) is 3.52. The molecule has 1 aromatic heterocycles. The minimum atomic E-state index is 0.562. The number of hydrogen-bond acceptors (Lipinski definition) is 3. The molecule has 0 aromatic carbocycles. The normalized spacial score (nSPS) is 21.4. The highest BCUT2D eigenvalue weighted by Gasteiger charge is 2.18. The third kappa shape index (κ3) is 4.57. The Morgan fingerprint density at radius 3 is 2.90 bits per heavy atom. The molecule has 0 radical (unpaired) electrons. The van der Waals surface area contributed by atoms with Crippen LogP contribution in [0, 0.1) is 6.92 Å². The summed E-state index contributed by atoms with van der Waals surface area (Å²) >= 11 is 1.96. The van der Waals surface area contributed by atoms with Gasteiger partial charge >= 0.3 is 0 Å². The number of rotatable bonds is 5. The summed E-state index contributed by atoms with van der Waals surface area (Å²) in [4.78, 5) is 5.66. The van der Waals surface area contributed by atoms with Crippen molar-refractivity contribution < 1.29 is 0 Å². The number of nitrogens with zero attached hydrogens (tertiary/aromatic N) is 1. The van der Waals surface area contributed by atoms with E-state index >= 15 is 0 Å². The summed E-state index contributed by atoms with van der Waals surface area (Å²) in [6.07, 6.45) is 5.55. The van der Waals surface area contributed by atoms with Gasteiger partial charge in [-0.05, 0) is 44.9 Å². The molecule has 0 amide bonds. The van der Waals surface area contributed by atoms with Crippen LogP contribution in [0.15, 0.2) is 6.07 Å². The molecular formula is C17H30N2S. The Morgan fingerprint density at radius 1 is 1.35 bits per heavy atom. The van der Waals surface area contributed by atoms with Gasteiger partial charge in [-0.15, -0.1) is 11.3 Å². The minimum Gasteiger partial charge on any atom is -0.310 e. The maximum atomic E-state index is 3.52. The lowest BCUT2D eigenvalue weighted by Crippen LogP contribution is -2.32. The maximum Gasteiger partial charge on any atom is 0.0302 e. The van der Waals surface area contributed by atoms with E-state index in [0.29, 0.717) is 6.04 Å². The number of aryl methyl sites for hydroxylation is 1. The first-order valence-corrected chi connectivity index (χ1v) is 8.93. The van der Waals surface area contributed by atoms with Crippen molar-refractivity contribution in [1.82, 2.24) is 10.2 Å². The van der Waals surface area contributed by atoms with E-state index in [1.54, 1.807) is 5.56 Å². The molecular weight excluding hydrogens is 264 g/mol. The van der Waals surface area contributed by atoms with Crippen LogP contribution in [0.3, 0.4) is 0 Å². The molecule has 1 aliphatic heterocycles. The molecule has 1 aliphatic rings. The molecule has 1 N–H and O–H groups in total. The van der Waals surface area contributed by atoms with Crippen molar-refractivity contribution in [2.24, 2.45) is 0 Å². The van der Waals surface area contributed by atoms with Gasteiger partial charge in [-0.2, -0.15) is 0 Å². The van der Waals surface area contributed by atoms with Gasteiger partial charge in [0.1, 0.15) is 0 Å². The number of likely N-dealkylation sites (tertiary alicyclic amines) is 1. The van der Waals surface area contributed by atoms with Crippen molar-refractivity contribution in [3.05, 3.63) is 21.4 Å². The van der Waals surface area contributed by atoms with E-state index in [2.05, 4.69) is 44.0 Å². The molecule has 1 fully saturated rings. The highest BCUT2D eigenvalue weighted by molar-refractivity contribution is 7.12. The fraction of sp³-hybridized carbons (Fsp3) is 0.765. The lowest BCUT2D eigenvalue weighted by molar-refractivity contribution is 0.205. The molecule has 20 heavy (non-hydrogen) atoms. The van der Waals surface area contributed by atoms with Crippen molar-refractivity contribution in [3.8, 4) is 0 Å². The summed E-state index contributed by atoms with van der Waals surface area (Å²) < 4.78 is 0. The highest BCUT2D eigenvalue weighted by Crippen LogP contribution is 2.25. The Kier molecular flexibility index (Phi) is 6.06. The minimum absolute atomic E-state index is 0.562. The van der Waals surface area contributed by atoms with Crippen LogP contribution in [0.5, 0.6) is 0 Å². The highest BCUT2D eigenvalue weighted by atomic mass is 32.1. The van der Waals surface area contributed by atoms with Gasteiger partial charge < -0.3 is 5.32 Å². The maximum absolute atomic E-state index is 3.52. The first-order chi connectivity index (χ1) is 9.56. The molecule has 2 heterocycles. The molecule has 114 valence electrons. The summed E-state index contributed by atoms with van der Waals surface area (Å²) in [5.74, 6) is 0. The molecule has 0 spiro atoms. The molecule has 1 unspecified atom stereocenters. The Morgan fingerprint density at radius 2 is 2.15 bits per heavy atom. The van der Waals surface area contributed by atoms with E-state index in [4.69, 9.17) is 0 Å². The van der Waals surface area contributed by atoms with Gasteiger partial charge in [0.05, 0.1) is 0 Å². The second-order valence-corrected chi connectivity index (χ2v) is 7.84. The topological polar surface area (TPSA) is 15.3 Å². The first kappa shape index (κ1) is 16.0. The van der Waals surface area contributed by atoms with Crippen molar-refractivity contribution in [2.45, 2.75) is 78.6 Å². The third-order valence-corrected chi connectivity index (χ3v) is 5.41. The monoisotopic (exact) mass is 294 g/mol. The van der Waals surface area contributed by atoms with Crippen molar-refractivity contribution in [1.29, 1.82) is 0 Å². The van der Waals surface area contributed by atoms with Gasteiger partial charge in [0.2, 0.25) is 0 Å². The first-order valence-electron chi connectivity index (χ1n) is 8.12. The Balaban J connectivity index is 1.97. The van der Waals surface area contributed by atoms with Crippen LogP contribution in [-0.4, -0.2) is 23.5 Å². The molecule has 2 nitrogen and oxygen atoms in total. The van der Waals surface area contributed by atoms with E-state index in [1.807, 2.05) is 11.3 Å². The van der Waals surface area contributed by atoms with Crippen molar-refractivity contribution >= 4 is 11.3 Å². The number of hydrogen-bond donors (Lipinski definition) is 1. The second kappa shape index (κ2) is 7.58. The van der Waals surface area contributed by atoms with Crippen LogP contribution in [0.25, 0.3) is 0 Å². The Bertz CT molecular complexity index is 411. The van der Waals surface area contributed by atoms with E-state index in [9.17, 15) is 0 Å². The molecule has 1 aromatic rings. The van der Waals surface area contributed by atoms with E-state index < -0.39 is 0 Å². The number of thiophene rings is 1. The average molecular weight is 295 g/mol. The third-order valence-electron chi connectivity index (χ3n) is 4.32. The summed E-state index contributed by atoms with van der Waals surface area (Å²) in [6.45, 7) is 12.5. The summed E-state index contributed by atoms with van der Waals surface area (Å²) in [6, 6.07) is 3.73. The molecule has 3 heteroatoms. The molecule has 1 atom stereocenters. The van der Waals surface area contributed by atoms with Gasteiger partial charge in [0, 0.05) is 34.9 Å². The molecule has 1 saturated heterocycles. The standard InChI is InChI=1S/C17H30N2S/c1-13(2)18-11-17-10-16(15(4)20-17)12-19-9-7-5-6-8-14(19)3/h10,13-14,18H,5-9,11-12H2,1-4H3. The molecule has 0 bridgehead atoms. The quantitative estimate of drug-likeness (QED) is 0.870. The van der Waals surface area contributed by atoms with Gasteiger partial charge in [-0.1, -0.05) is 26.7 Å². The fourth-order valence-electron chi connectivity index (χ4n) is 2.92. The van der Waals surface area contributed by atoms with Crippen LogP contribution < -0.4 is 5.32 Å². The average Bonchev–Trinajstić information content (AvgIpc) is 2.61. The van der Waals surface area contributed by atoms with Gasteiger partial charge in [0.25, 0.3) is 0 Å². The predicted octanol–water partition coefficient (Wildman–Crippen LogP) is 4.32. The van der Waals surface area contributed by atoms with Gasteiger partial charge in [-0.25, -0.2) is 0 Å². The zero-order valence-electron chi connectivity index (χ0n) is 13.5. The number of nitrogens with one attached hydrogen (secondary N) is 1. The van der Waals surface area contributed by atoms with Gasteiger partial charge in [-0.3, -0.25) is 4.90 Å². The largest absolute Gasteiger partial charge is 0.310 e. The van der Waals surface area contributed by atoms with E-state index in [1.165, 1.54) is 42.0 Å². The van der Waals surface area contributed by atoms with Gasteiger partial charge in [0.15, 0.2) is 0 Å². The second-order valence-electron chi connectivity index (χ2n) is 6.50. The predicted molar refractivity (Wildman–Crippen MR) is 89.4 cm³/mol. The van der Waals surface area contributed by atoms with Crippen LogP contribution >= 0.6 is 11.3 Å². The SMILES string of the molecule is Cc1sc(CNC(C)C)cc1CN1CCCCCC1C. The van der Waals surface area contributed by atoms with Crippen LogP contribution in [0.1, 0.15) is 61.8 Å². The fourth-order valence-corrected chi connectivity index (χ4v) is 3.93. The van der Waals surface area contributed by atoms with Crippen LogP contribution in [0.2, 0.25) is 0 Å². The van der Waals surface area contributed by atoms with E-state index in [0.717, 1.165) is 19.1 Å². The lowest BCUT2D eigenvalue weighted by Gasteiger charge is -2.26. The Hall–Kier alpha value is -0.380. The van der Waals surface area contributed by atoms with Crippen molar-refractivity contribution in [2.75, 3.05) is 6.54 Å². The molecule has 2 rings (SSSR count). The zero-order valence-corrected chi connectivity index (χ0v) is 14.4. The summed E-state index contributed by atoms with van der Waals surface area (Å²) in [7, 11) is 0. The van der Waals surface area contributed by atoms with E-state index in [-0.39, 0.29) is 0 Å². The molecule has 0 aliphatic carbocycles. The summed E-state index contributed by atoms with van der Waals surface area (Å²) in [5.41, 5.74) is 1.55. The molecule has 0 saturated carbocycles. The Labute approximate surface area is 128 Å². The lowest BCUT2D eigenvalue weighted by atomic mass is 10.1. The van der Waals surface area contributed by atoms with Crippen LogP contribution in [-0.2, 0) is 13.1 Å². The zero-order chi connectivity index (χ0) is 14.5. The smallest absolute Gasteiger partial charge is 0.0302 e. The van der Waals surface area contributed by atoms with Crippen molar-refractivity contribution in [3.63, 3.8) is 0 Å².